The average Bonchev–Trinajstić information content (AvgIpc) is 2.79. The van der Waals surface area contributed by atoms with E-state index in [2.05, 4.69) is 27.2 Å². The van der Waals surface area contributed by atoms with Crippen molar-refractivity contribution in [3.63, 3.8) is 0 Å². The average molecular weight is 421 g/mol. The Bertz CT molecular complexity index is 968. The first-order valence-electron chi connectivity index (χ1n) is 10.7. The van der Waals surface area contributed by atoms with Gasteiger partial charge in [0.25, 0.3) is 0 Å². The molecule has 0 aromatic heterocycles. The monoisotopic (exact) mass is 420 g/mol. The van der Waals surface area contributed by atoms with Gasteiger partial charge in [-0.25, -0.2) is 4.99 Å². The van der Waals surface area contributed by atoms with Gasteiger partial charge in [0.15, 0.2) is 5.92 Å². The van der Waals surface area contributed by atoms with Crippen LogP contribution in [-0.4, -0.2) is 55.5 Å². The number of carbonyl (C=O) groups excluding carboxylic acids is 2. The topological polar surface area (TPSA) is 74.2 Å². The van der Waals surface area contributed by atoms with Crippen LogP contribution in [0.3, 0.4) is 0 Å². The number of esters is 1. The summed E-state index contributed by atoms with van der Waals surface area (Å²) in [5, 5.41) is 2.86. The van der Waals surface area contributed by atoms with Gasteiger partial charge in [-0.15, -0.1) is 0 Å². The molecule has 0 unspecified atom stereocenters. The first kappa shape index (κ1) is 20.9. The van der Waals surface area contributed by atoms with E-state index in [4.69, 9.17) is 9.73 Å². The highest BCUT2D eigenvalue weighted by Crippen LogP contribution is 2.31. The third-order valence-electron chi connectivity index (χ3n) is 5.72. The number of amides is 1. The minimum Gasteiger partial charge on any atom is -0.465 e. The van der Waals surface area contributed by atoms with Crippen molar-refractivity contribution in [2.45, 2.75) is 19.9 Å². The third kappa shape index (κ3) is 4.55. The van der Waals surface area contributed by atoms with E-state index >= 15 is 0 Å². The fourth-order valence-corrected chi connectivity index (χ4v) is 4.13. The van der Waals surface area contributed by atoms with Crippen molar-refractivity contribution < 1.29 is 14.3 Å². The quantitative estimate of drug-likeness (QED) is 0.608. The van der Waals surface area contributed by atoms with Crippen molar-refractivity contribution in [2.75, 3.05) is 37.7 Å². The van der Waals surface area contributed by atoms with Crippen LogP contribution in [0.1, 0.15) is 24.1 Å². The lowest BCUT2D eigenvalue weighted by molar-refractivity contribution is -0.153. The van der Waals surface area contributed by atoms with Crippen LogP contribution >= 0.6 is 0 Å². The Morgan fingerprint density at radius 2 is 1.77 bits per heavy atom. The SMILES string of the molecule is CCOC(=O)[C@@H]1C(=O)NC(N2CCN(c3ccccc3)CC2)=N[C@H]1c1cccc(C)c1. The van der Waals surface area contributed by atoms with Crippen LogP contribution in [0.25, 0.3) is 0 Å². The highest BCUT2D eigenvalue weighted by atomic mass is 16.5. The van der Waals surface area contributed by atoms with E-state index in [1.54, 1.807) is 6.92 Å². The van der Waals surface area contributed by atoms with Gasteiger partial charge in [-0.3, -0.25) is 14.9 Å². The van der Waals surface area contributed by atoms with Crippen LogP contribution in [0.5, 0.6) is 0 Å². The van der Waals surface area contributed by atoms with Crippen LogP contribution in [-0.2, 0) is 14.3 Å². The predicted octanol–water partition coefficient (Wildman–Crippen LogP) is 2.52. The maximum absolute atomic E-state index is 13.0. The fourth-order valence-electron chi connectivity index (χ4n) is 4.13. The van der Waals surface area contributed by atoms with Gasteiger partial charge >= 0.3 is 5.97 Å². The van der Waals surface area contributed by atoms with Crippen LogP contribution in [0.2, 0.25) is 0 Å². The van der Waals surface area contributed by atoms with Crippen molar-refractivity contribution in [2.24, 2.45) is 10.9 Å². The molecule has 1 saturated heterocycles. The summed E-state index contributed by atoms with van der Waals surface area (Å²) >= 11 is 0. The van der Waals surface area contributed by atoms with Gasteiger partial charge in [0.1, 0.15) is 6.04 Å². The lowest BCUT2D eigenvalue weighted by Crippen LogP contribution is -2.57. The Hall–Kier alpha value is -3.35. The molecule has 0 aliphatic carbocycles. The second kappa shape index (κ2) is 9.20. The summed E-state index contributed by atoms with van der Waals surface area (Å²) in [6, 6.07) is 17.5. The van der Waals surface area contributed by atoms with E-state index in [0.717, 1.165) is 37.3 Å². The second-order valence-corrected chi connectivity index (χ2v) is 7.84. The number of aliphatic imine (C=N–C) groups is 1. The highest BCUT2D eigenvalue weighted by molar-refractivity contribution is 6.08. The van der Waals surface area contributed by atoms with E-state index in [-0.39, 0.29) is 12.5 Å². The summed E-state index contributed by atoms with van der Waals surface area (Å²) in [7, 11) is 0. The molecule has 31 heavy (non-hydrogen) atoms. The number of carbonyl (C=O) groups is 2. The van der Waals surface area contributed by atoms with E-state index in [1.165, 1.54) is 5.69 Å². The maximum atomic E-state index is 13.0. The van der Waals surface area contributed by atoms with E-state index in [9.17, 15) is 9.59 Å². The zero-order valence-corrected chi connectivity index (χ0v) is 18.0. The van der Waals surface area contributed by atoms with Gasteiger partial charge in [-0.2, -0.15) is 0 Å². The Balaban J connectivity index is 1.57. The molecular weight excluding hydrogens is 392 g/mol. The van der Waals surface area contributed by atoms with Crippen molar-refractivity contribution in [1.82, 2.24) is 10.2 Å². The van der Waals surface area contributed by atoms with Crippen LogP contribution in [0.4, 0.5) is 5.69 Å². The van der Waals surface area contributed by atoms with E-state index in [1.807, 2.05) is 49.4 Å². The number of rotatable bonds is 4. The molecule has 0 saturated carbocycles. The van der Waals surface area contributed by atoms with Crippen molar-refractivity contribution >= 4 is 23.5 Å². The van der Waals surface area contributed by atoms with Crippen LogP contribution in [0, 0.1) is 12.8 Å². The first-order valence-corrected chi connectivity index (χ1v) is 10.7. The standard InChI is InChI=1S/C24H28N4O3/c1-3-31-23(30)20-21(18-9-7-8-17(2)16-18)25-24(26-22(20)29)28-14-12-27(13-15-28)19-10-5-4-6-11-19/h4-11,16,20-21H,3,12-15H2,1-2H3,(H,25,26,29)/t20-,21-/m0/s1. The Kier molecular flexibility index (Phi) is 6.21. The van der Waals surface area contributed by atoms with Gasteiger partial charge < -0.3 is 14.5 Å². The number of guanidine groups is 1. The molecule has 2 atom stereocenters. The van der Waals surface area contributed by atoms with E-state index < -0.39 is 17.9 Å². The lowest BCUT2D eigenvalue weighted by atomic mass is 9.90. The first-order chi connectivity index (χ1) is 15.1. The minimum atomic E-state index is -0.990. The zero-order chi connectivity index (χ0) is 21.8. The number of hydrogen-bond donors (Lipinski definition) is 1. The molecule has 2 heterocycles. The molecule has 0 bridgehead atoms. The molecule has 162 valence electrons. The molecule has 1 amide bonds. The molecule has 2 aromatic rings. The number of ether oxygens (including phenoxy) is 1. The Morgan fingerprint density at radius 3 is 2.45 bits per heavy atom. The molecular formula is C24H28N4O3. The zero-order valence-electron chi connectivity index (χ0n) is 18.0. The van der Waals surface area contributed by atoms with Gasteiger partial charge in [0.2, 0.25) is 11.9 Å². The largest absolute Gasteiger partial charge is 0.465 e. The summed E-state index contributed by atoms with van der Waals surface area (Å²) in [6.45, 7) is 7.07. The molecule has 0 spiro atoms. The van der Waals surface area contributed by atoms with Crippen molar-refractivity contribution in [1.29, 1.82) is 0 Å². The Morgan fingerprint density at radius 1 is 1.06 bits per heavy atom. The molecule has 7 heteroatoms. The number of piperazine rings is 1. The third-order valence-corrected chi connectivity index (χ3v) is 5.72. The van der Waals surface area contributed by atoms with Crippen LogP contribution < -0.4 is 10.2 Å². The summed E-state index contributed by atoms with van der Waals surface area (Å²) in [6.07, 6.45) is 0. The summed E-state index contributed by atoms with van der Waals surface area (Å²) < 4.78 is 5.19. The molecule has 2 aliphatic rings. The molecule has 4 rings (SSSR count). The molecule has 1 fully saturated rings. The van der Waals surface area contributed by atoms with Gasteiger partial charge in [0, 0.05) is 31.9 Å². The van der Waals surface area contributed by atoms with Gasteiger partial charge in [-0.05, 0) is 31.5 Å². The number of nitrogens with zero attached hydrogens (tertiary/aromatic N) is 3. The predicted molar refractivity (Wildman–Crippen MR) is 120 cm³/mol. The summed E-state index contributed by atoms with van der Waals surface area (Å²) in [5.41, 5.74) is 3.09. The number of hydrogen-bond acceptors (Lipinski definition) is 6. The summed E-state index contributed by atoms with van der Waals surface area (Å²) in [4.78, 5) is 34.8. The van der Waals surface area contributed by atoms with Crippen LogP contribution in [0.15, 0.2) is 59.6 Å². The number of para-hydroxylation sites is 1. The maximum Gasteiger partial charge on any atom is 0.321 e. The minimum absolute atomic E-state index is 0.223. The fraction of sp³-hybridized carbons (Fsp3) is 0.375. The lowest BCUT2D eigenvalue weighted by Gasteiger charge is -2.39. The number of aryl methyl sites for hydroxylation is 1. The summed E-state index contributed by atoms with van der Waals surface area (Å²) in [5.74, 6) is -1.36. The molecule has 7 nitrogen and oxygen atoms in total. The molecule has 0 radical (unpaired) electrons. The van der Waals surface area contributed by atoms with Crippen molar-refractivity contribution in [3.8, 4) is 0 Å². The number of nitrogens with one attached hydrogen (secondary N) is 1. The second-order valence-electron chi connectivity index (χ2n) is 7.84. The molecule has 2 aromatic carbocycles. The highest BCUT2D eigenvalue weighted by Gasteiger charge is 2.42. The number of benzene rings is 2. The molecule has 2 aliphatic heterocycles. The Labute approximate surface area is 182 Å². The van der Waals surface area contributed by atoms with E-state index in [0.29, 0.717) is 5.96 Å². The number of anilines is 1. The van der Waals surface area contributed by atoms with Gasteiger partial charge in [-0.1, -0.05) is 48.0 Å². The van der Waals surface area contributed by atoms with Crippen molar-refractivity contribution in [3.05, 3.63) is 65.7 Å². The molecule has 1 N–H and O–H groups in total. The normalized spacial score (nSPS) is 21.4. The van der Waals surface area contributed by atoms with Gasteiger partial charge in [0.05, 0.1) is 6.61 Å². The smallest absolute Gasteiger partial charge is 0.321 e.